The number of hydrogen-bond donors (Lipinski definition) is 2. The van der Waals surface area contributed by atoms with E-state index >= 15 is 0 Å². The zero-order chi connectivity index (χ0) is 11.3. The van der Waals surface area contributed by atoms with Gasteiger partial charge in [0, 0.05) is 29.2 Å². The average Bonchev–Trinajstić information content (AvgIpc) is 2.26. The summed E-state index contributed by atoms with van der Waals surface area (Å²) in [6, 6.07) is 3.58. The van der Waals surface area contributed by atoms with E-state index in [2.05, 4.69) is 4.98 Å². The van der Waals surface area contributed by atoms with Gasteiger partial charge in [-0.1, -0.05) is 0 Å². The fourth-order valence-electron chi connectivity index (χ4n) is 1.02. The number of nitrogens with two attached hydrogens (primary N) is 2. The highest BCUT2D eigenvalue weighted by Gasteiger charge is 1.98. The standard InChI is InChI=1S/C11H15N3O/c1-8(12)3-4-10(13)9-5-6-14-11(7-9)15-2/h3-7H,12-13H2,1-2H3/b8-3-,10-4-. The Morgan fingerprint density at radius 1 is 1.40 bits per heavy atom. The number of aromatic nitrogens is 1. The molecule has 0 spiro atoms. The second-order valence-corrected chi connectivity index (χ2v) is 3.12. The normalized spacial score (nSPS) is 12.7. The zero-order valence-corrected chi connectivity index (χ0v) is 8.90. The third-order valence-electron chi connectivity index (χ3n) is 1.80. The minimum absolute atomic E-state index is 0.539. The van der Waals surface area contributed by atoms with Gasteiger partial charge in [0.2, 0.25) is 5.88 Å². The maximum absolute atomic E-state index is 5.84. The first-order chi connectivity index (χ1) is 7.13. The van der Waals surface area contributed by atoms with Crippen LogP contribution in [-0.2, 0) is 0 Å². The Balaban J connectivity index is 2.95. The van der Waals surface area contributed by atoms with E-state index in [1.807, 2.05) is 6.07 Å². The third kappa shape index (κ3) is 3.34. The number of allylic oxidation sites excluding steroid dienone is 3. The van der Waals surface area contributed by atoms with Crippen LogP contribution >= 0.6 is 0 Å². The van der Waals surface area contributed by atoms with Crippen molar-refractivity contribution >= 4 is 5.70 Å². The molecule has 1 aromatic heterocycles. The summed E-state index contributed by atoms with van der Waals surface area (Å²) in [7, 11) is 1.57. The van der Waals surface area contributed by atoms with Crippen LogP contribution in [0.15, 0.2) is 36.2 Å². The van der Waals surface area contributed by atoms with Crippen molar-refractivity contribution in [3.8, 4) is 5.88 Å². The lowest BCUT2D eigenvalue weighted by atomic mass is 10.2. The predicted molar refractivity (Wildman–Crippen MR) is 60.9 cm³/mol. The fourth-order valence-corrected chi connectivity index (χ4v) is 1.02. The highest BCUT2D eigenvalue weighted by molar-refractivity contribution is 5.64. The van der Waals surface area contributed by atoms with Gasteiger partial charge in [-0.2, -0.15) is 0 Å². The van der Waals surface area contributed by atoms with E-state index in [9.17, 15) is 0 Å². The summed E-state index contributed by atoms with van der Waals surface area (Å²) in [6.45, 7) is 1.80. The highest BCUT2D eigenvalue weighted by atomic mass is 16.5. The van der Waals surface area contributed by atoms with E-state index in [1.54, 1.807) is 38.4 Å². The summed E-state index contributed by atoms with van der Waals surface area (Å²) in [5.74, 6) is 0.539. The number of hydrogen-bond acceptors (Lipinski definition) is 4. The molecule has 4 N–H and O–H groups in total. The Bertz CT molecular complexity index is 393. The molecule has 4 heteroatoms. The van der Waals surface area contributed by atoms with Crippen LogP contribution in [0.4, 0.5) is 0 Å². The van der Waals surface area contributed by atoms with Gasteiger partial charge in [-0.25, -0.2) is 4.98 Å². The van der Waals surface area contributed by atoms with E-state index in [-0.39, 0.29) is 0 Å². The van der Waals surface area contributed by atoms with E-state index < -0.39 is 0 Å². The molecule has 0 aliphatic carbocycles. The number of nitrogens with zero attached hydrogens (tertiary/aromatic N) is 1. The van der Waals surface area contributed by atoms with E-state index in [1.165, 1.54) is 0 Å². The molecule has 0 bridgehead atoms. The summed E-state index contributed by atoms with van der Waals surface area (Å²) in [5, 5.41) is 0. The van der Waals surface area contributed by atoms with Crippen LogP contribution < -0.4 is 16.2 Å². The van der Waals surface area contributed by atoms with E-state index in [0.717, 1.165) is 5.56 Å². The van der Waals surface area contributed by atoms with Crippen LogP contribution in [0.5, 0.6) is 5.88 Å². The third-order valence-corrected chi connectivity index (χ3v) is 1.80. The molecule has 0 saturated heterocycles. The van der Waals surface area contributed by atoms with Crippen LogP contribution in [0.3, 0.4) is 0 Å². The van der Waals surface area contributed by atoms with Crippen molar-refractivity contribution < 1.29 is 4.74 Å². The molecule has 0 atom stereocenters. The monoisotopic (exact) mass is 205 g/mol. The largest absolute Gasteiger partial charge is 0.481 e. The van der Waals surface area contributed by atoms with Crippen molar-refractivity contribution in [1.29, 1.82) is 0 Å². The van der Waals surface area contributed by atoms with Gasteiger partial charge < -0.3 is 16.2 Å². The number of pyridine rings is 1. The SMILES string of the molecule is COc1cc(/C(N)=C/C=C(/C)N)ccn1. The van der Waals surface area contributed by atoms with E-state index in [4.69, 9.17) is 16.2 Å². The van der Waals surface area contributed by atoms with Gasteiger partial charge in [0.1, 0.15) is 0 Å². The summed E-state index contributed by atoms with van der Waals surface area (Å²) in [4.78, 5) is 3.99. The summed E-state index contributed by atoms with van der Waals surface area (Å²) < 4.78 is 5.00. The topological polar surface area (TPSA) is 74.2 Å². The second-order valence-electron chi connectivity index (χ2n) is 3.12. The molecule has 0 aromatic carbocycles. The molecule has 1 aromatic rings. The zero-order valence-electron chi connectivity index (χ0n) is 8.90. The Kier molecular flexibility index (Phi) is 3.74. The summed E-state index contributed by atoms with van der Waals surface area (Å²) >= 11 is 0. The van der Waals surface area contributed by atoms with Gasteiger partial charge in [-0.3, -0.25) is 0 Å². The summed E-state index contributed by atoms with van der Waals surface area (Å²) in [5.41, 5.74) is 13.5. The Labute approximate surface area is 89.3 Å². The molecule has 0 aliphatic rings. The predicted octanol–water partition coefficient (Wildman–Crippen LogP) is 1.25. The van der Waals surface area contributed by atoms with Crippen LogP contribution in [0, 0.1) is 0 Å². The van der Waals surface area contributed by atoms with Crippen LogP contribution in [0.25, 0.3) is 5.70 Å². The fraction of sp³-hybridized carbons (Fsp3) is 0.182. The number of methoxy groups -OCH3 is 1. The van der Waals surface area contributed by atoms with Gasteiger partial charge >= 0.3 is 0 Å². The lowest BCUT2D eigenvalue weighted by molar-refractivity contribution is 0.398. The first-order valence-corrected chi connectivity index (χ1v) is 4.53. The average molecular weight is 205 g/mol. The molecule has 0 amide bonds. The molecule has 0 aliphatic heterocycles. The minimum Gasteiger partial charge on any atom is -0.481 e. The molecule has 15 heavy (non-hydrogen) atoms. The van der Waals surface area contributed by atoms with Crippen LogP contribution in [0.1, 0.15) is 12.5 Å². The van der Waals surface area contributed by atoms with Gasteiger partial charge in [0.05, 0.1) is 7.11 Å². The Morgan fingerprint density at radius 2 is 2.13 bits per heavy atom. The lowest BCUT2D eigenvalue weighted by Crippen LogP contribution is -1.98. The van der Waals surface area contributed by atoms with Crippen molar-refractivity contribution in [1.82, 2.24) is 4.98 Å². The smallest absolute Gasteiger partial charge is 0.213 e. The van der Waals surface area contributed by atoms with Crippen molar-refractivity contribution in [2.75, 3.05) is 7.11 Å². The molecule has 0 fully saturated rings. The van der Waals surface area contributed by atoms with Crippen molar-refractivity contribution in [2.45, 2.75) is 6.92 Å². The van der Waals surface area contributed by atoms with Crippen LogP contribution in [-0.4, -0.2) is 12.1 Å². The molecule has 0 radical (unpaired) electrons. The Hall–Kier alpha value is -1.97. The second kappa shape index (κ2) is 5.05. The maximum atomic E-state index is 5.84. The molecule has 0 saturated carbocycles. The minimum atomic E-state index is 0.539. The van der Waals surface area contributed by atoms with Crippen LogP contribution in [0.2, 0.25) is 0 Å². The first kappa shape index (κ1) is 11.1. The molecular formula is C11H15N3O. The highest BCUT2D eigenvalue weighted by Crippen LogP contribution is 2.13. The molecule has 4 nitrogen and oxygen atoms in total. The van der Waals surface area contributed by atoms with Gasteiger partial charge in [0.15, 0.2) is 0 Å². The van der Waals surface area contributed by atoms with Crippen molar-refractivity contribution in [3.63, 3.8) is 0 Å². The molecule has 80 valence electrons. The molecular weight excluding hydrogens is 190 g/mol. The van der Waals surface area contributed by atoms with Crippen molar-refractivity contribution in [3.05, 3.63) is 41.7 Å². The quantitative estimate of drug-likeness (QED) is 0.728. The maximum Gasteiger partial charge on any atom is 0.213 e. The molecule has 1 heterocycles. The first-order valence-electron chi connectivity index (χ1n) is 4.53. The van der Waals surface area contributed by atoms with Crippen molar-refractivity contribution in [2.24, 2.45) is 11.5 Å². The Morgan fingerprint density at radius 3 is 2.73 bits per heavy atom. The molecule has 1 rings (SSSR count). The van der Waals surface area contributed by atoms with Gasteiger partial charge in [-0.05, 0) is 25.1 Å². The van der Waals surface area contributed by atoms with E-state index in [0.29, 0.717) is 17.3 Å². The molecule has 0 unspecified atom stereocenters. The number of rotatable bonds is 3. The van der Waals surface area contributed by atoms with Gasteiger partial charge in [0.25, 0.3) is 0 Å². The summed E-state index contributed by atoms with van der Waals surface area (Å²) in [6.07, 6.45) is 5.15. The van der Waals surface area contributed by atoms with Gasteiger partial charge in [-0.15, -0.1) is 0 Å². The number of ether oxygens (including phenoxy) is 1. The lowest BCUT2D eigenvalue weighted by Gasteiger charge is -2.02.